The van der Waals surface area contributed by atoms with Crippen molar-refractivity contribution >= 4 is 23.4 Å². The molecule has 0 unspecified atom stereocenters. The molecule has 0 radical (unpaired) electrons. The molecule has 0 atom stereocenters. The molecule has 0 amide bonds. The molecular formula is C13H22ClNS. The summed E-state index contributed by atoms with van der Waals surface area (Å²) in [7, 11) is 4.19. The molecule has 0 aliphatic heterocycles. The highest BCUT2D eigenvalue weighted by atomic mass is 35.5. The van der Waals surface area contributed by atoms with Gasteiger partial charge in [0.15, 0.2) is 0 Å². The molecule has 1 nitrogen and oxygen atoms in total. The fourth-order valence-corrected chi connectivity index (χ4v) is 2.22. The van der Waals surface area contributed by atoms with Gasteiger partial charge in [-0.1, -0.05) is 26.0 Å². The summed E-state index contributed by atoms with van der Waals surface area (Å²) in [6.07, 6.45) is 0. The van der Waals surface area contributed by atoms with Gasteiger partial charge in [0, 0.05) is 23.1 Å². The van der Waals surface area contributed by atoms with E-state index >= 15 is 0 Å². The Morgan fingerprint density at radius 2 is 1.69 bits per heavy atom. The number of alkyl halides is 1. The molecule has 92 valence electrons. The van der Waals surface area contributed by atoms with Crippen LogP contribution in [0.15, 0.2) is 29.2 Å². The van der Waals surface area contributed by atoms with Gasteiger partial charge in [0.1, 0.15) is 0 Å². The van der Waals surface area contributed by atoms with E-state index in [0.29, 0.717) is 5.88 Å². The van der Waals surface area contributed by atoms with Gasteiger partial charge in [0.05, 0.1) is 0 Å². The van der Waals surface area contributed by atoms with Crippen LogP contribution in [0.1, 0.15) is 19.4 Å². The van der Waals surface area contributed by atoms with Crippen molar-refractivity contribution in [3.05, 3.63) is 29.8 Å². The van der Waals surface area contributed by atoms with E-state index in [4.69, 9.17) is 11.6 Å². The summed E-state index contributed by atoms with van der Waals surface area (Å²) in [6.45, 7) is 5.11. The zero-order valence-corrected chi connectivity index (χ0v) is 12.2. The molecule has 1 aromatic carbocycles. The fourth-order valence-electron chi connectivity index (χ4n) is 1.02. The second-order valence-corrected chi connectivity index (χ2v) is 4.86. The van der Waals surface area contributed by atoms with Gasteiger partial charge in [-0.05, 0) is 31.8 Å². The lowest BCUT2D eigenvalue weighted by Crippen LogP contribution is -2.14. The maximum Gasteiger partial charge on any atom is 0.0474 e. The third-order valence-corrected chi connectivity index (χ3v) is 3.19. The number of rotatable bonds is 5. The van der Waals surface area contributed by atoms with Crippen LogP contribution in [-0.4, -0.2) is 31.3 Å². The van der Waals surface area contributed by atoms with Crippen LogP contribution >= 0.6 is 23.4 Å². The van der Waals surface area contributed by atoms with E-state index in [9.17, 15) is 0 Å². The van der Waals surface area contributed by atoms with Gasteiger partial charge in [-0.2, -0.15) is 0 Å². The lowest BCUT2D eigenvalue weighted by atomic mass is 10.2. The molecule has 0 fully saturated rings. The Kier molecular flexibility index (Phi) is 9.89. The normalized spacial score (nSPS) is 9.88. The molecule has 0 spiro atoms. The summed E-state index contributed by atoms with van der Waals surface area (Å²) >= 11 is 7.59. The topological polar surface area (TPSA) is 3.24 Å². The maximum atomic E-state index is 5.71. The third-order valence-electron chi connectivity index (χ3n) is 1.88. The standard InChI is InChI=1S/C11H16ClNS.C2H6/c1-13(2)7-8-14-11-5-3-10(9-12)4-6-11;1-2/h3-6H,7-9H2,1-2H3;1-2H3. The van der Waals surface area contributed by atoms with Crippen molar-refractivity contribution < 1.29 is 0 Å². The van der Waals surface area contributed by atoms with Crippen molar-refractivity contribution in [1.82, 2.24) is 4.90 Å². The first-order chi connectivity index (χ1) is 7.72. The average molecular weight is 260 g/mol. The summed E-state index contributed by atoms with van der Waals surface area (Å²) in [6, 6.07) is 8.45. The van der Waals surface area contributed by atoms with Gasteiger partial charge in [-0.15, -0.1) is 23.4 Å². The fraction of sp³-hybridized carbons (Fsp3) is 0.538. The van der Waals surface area contributed by atoms with Gasteiger partial charge < -0.3 is 4.90 Å². The summed E-state index contributed by atoms with van der Waals surface area (Å²) in [5, 5.41) is 0. The smallest absolute Gasteiger partial charge is 0.0474 e. The second-order valence-electron chi connectivity index (χ2n) is 3.43. The summed E-state index contributed by atoms with van der Waals surface area (Å²) in [5.41, 5.74) is 1.18. The number of thioether (sulfide) groups is 1. The lowest BCUT2D eigenvalue weighted by Gasteiger charge is -2.08. The van der Waals surface area contributed by atoms with E-state index in [1.165, 1.54) is 10.5 Å². The zero-order valence-electron chi connectivity index (χ0n) is 10.7. The van der Waals surface area contributed by atoms with Gasteiger partial charge in [-0.3, -0.25) is 0 Å². The molecule has 0 saturated heterocycles. The highest BCUT2D eigenvalue weighted by molar-refractivity contribution is 7.99. The Bertz CT molecular complexity index is 259. The second kappa shape index (κ2) is 10.0. The molecule has 16 heavy (non-hydrogen) atoms. The van der Waals surface area contributed by atoms with E-state index in [1.807, 2.05) is 25.6 Å². The van der Waals surface area contributed by atoms with E-state index in [-0.39, 0.29) is 0 Å². The number of hydrogen-bond acceptors (Lipinski definition) is 2. The summed E-state index contributed by atoms with van der Waals surface area (Å²) in [5.74, 6) is 1.73. The molecule has 0 saturated carbocycles. The van der Waals surface area contributed by atoms with Crippen molar-refractivity contribution in [3.63, 3.8) is 0 Å². The maximum absolute atomic E-state index is 5.71. The number of hydrogen-bond donors (Lipinski definition) is 0. The molecule has 3 heteroatoms. The van der Waals surface area contributed by atoms with Crippen LogP contribution < -0.4 is 0 Å². The van der Waals surface area contributed by atoms with Crippen LogP contribution in [0.4, 0.5) is 0 Å². The Labute approximate surface area is 109 Å². The van der Waals surface area contributed by atoms with Crippen LogP contribution in [-0.2, 0) is 5.88 Å². The van der Waals surface area contributed by atoms with E-state index in [1.54, 1.807) is 0 Å². The minimum absolute atomic E-state index is 0.600. The number of halogens is 1. The Morgan fingerprint density at radius 3 is 2.12 bits per heavy atom. The molecule has 1 rings (SSSR count). The van der Waals surface area contributed by atoms with E-state index < -0.39 is 0 Å². The third kappa shape index (κ3) is 7.15. The first-order valence-corrected chi connectivity index (χ1v) is 7.17. The van der Waals surface area contributed by atoms with Crippen molar-refractivity contribution in [1.29, 1.82) is 0 Å². The Balaban J connectivity index is 0.00000106. The van der Waals surface area contributed by atoms with Crippen molar-refractivity contribution in [2.24, 2.45) is 0 Å². The van der Waals surface area contributed by atoms with Gasteiger partial charge >= 0.3 is 0 Å². The highest BCUT2D eigenvalue weighted by Gasteiger charge is 1.95. The SMILES string of the molecule is CC.CN(C)CCSc1ccc(CCl)cc1. The van der Waals surface area contributed by atoms with Gasteiger partial charge in [-0.25, -0.2) is 0 Å². The quantitative estimate of drug-likeness (QED) is 0.579. The predicted octanol–water partition coefficient (Wildman–Crippen LogP) is 4.11. The van der Waals surface area contributed by atoms with Crippen molar-refractivity contribution in [2.75, 3.05) is 26.4 Å². The molecule has 0 aliphatic rings. The van der Waals surface area contributed by atoms with Crippen LogP contribution in [0.25, 0.3) is 0 Å². The zero-order chi connectivity index (χ0) is 12.4. The number of benzene rings is 1. The molecule has 0 N–H and O–H groups in total. The summed E-state index contributed by atoms with van der Waals surface area (Å²) in [4.78, 5) is 3.51. The first-order valence-electron chi connectivity index (χ1n) is 5.65. The molecule has 0 bridgehead atoms. The molecule has 0 aromatic heterocycles. The largest absolute Gasteiger partial charge is 0.309 e. The van der Waals surface area contributed by atoms with Crippen LogP contribution in [0.5, 0.6) is 0 Å². The highest BCUT2D eigenvalue weighted by Crippen LogP contribution is 2.18. The lowest BCUT2D eigenvalue weighted by molar-refractivity contribution is 0.437. The Hall–Kier alpha value is -0.180. The monoisotopic (exact) mass is 259 g/mol. The Morgan fingerprint density at radius 1 is 1.12 bits per heavy atom. The van der Waals surface area contributed by atoms with E-state index in [0.717, 1.165) is 12.3 Å². The summed E-state index contributed by atoms with van der Waals surface area (Å²) < 4.78 is 0. The minimum Gasteiger partial charge on any atom is -0.309 e. The van der Waals surface area contributed by atoms with Crippen LogP contribution in [0.2, 0.25) is 0 Å². The van der Waals surface area contributed by atoms with Crippen LogP contribution in [0.3, 0.4) is 0 Å². The average Bonchev–Trinajstić information content (AvgIpc) is 2.32. The van der Waals surface area contributed by atoms with Crippen molar-refractivity contribution in [3.8, 4) is 0 Å². The number of nitrogens with zero attached hydrogens (tertiary/aromatic N) is 1. The van der Waals surface area contributed by atoms with Crippen molar-refractivity contribution in [2.45, 2.75) is 24.6 Å². The van der Waals surface area contributed by atoms with Gasteiger partial charge in [0.25, 0.3) is 0 Å². The predicted molar refractivity (Wildman–Crippen MR) is 76.6 cm³/mol. The first kappa shape index (κ1) is 15.8. The van der Waals surface area contributed by atoms with E-state index in [2.05, 4.69) is 43.3 Å². The van der Waals surface area contributed by atoms with Crippen LogP contribution in [0, 0.1) is 0 Å². The molecule has 1 aromatic rings. The molecule has 0 heterocycles. The van der Waals surface area contributed by atoms with Gasteiger partial charge in [0.2, 0.25) is 0 Å². The molecular weight excluding hydrogens is 238 g/mol. The minimum atomic E-state index is 0.600. The molecule has 0 aliphatic carbocycles.